The first-order chi connectivity index (χ1) is 6.93. The lowest BCUT2D eigenvalue weighted by molar-refractivity contribution is -0.123. The molecule has 15 heavy (non-hydrogen) atoms. The standard InChI is InChI=1S/C11H24N2O2/c1-9(2)7-11(3,8-12)13-10(14)5-6-15-4/h9H,5-8,12H2,1-4H3,(H,13,14). The van der Waals surface area contributed by atoms with E-state index in [0.717, 1.165) is 6.42 Å². The van der Waals surface area contributed by atoms with Crippen LogP contribution in [0.2, 0.25) is 0 Å². The predicted octanol–water partition coefficient (Wildman–Crippen LogP) is 0.903. The highest BCUT2D eigenvalue weighted by molar-refractivity contribution is 5.76. The van der Waals surface area contributed by atoms with E-state index in [1.165, 1.54) is 0 Å². The Morgan fingerprint density at radius 2 is 2.13 bits per heavy atom. The van der Waals surface area contributed by atoms with Gasteiger partial charge in [-0.3, -0.25) is 4.79 Å². The topological polar surface area (TPSA) is 64.3 Å². The van der Waals surface area contributed by atoms with Crippen molar-refractivity contribution in [2.45, 2.75) is 39.2 Å². The van der Waals surface area contributed by atoms with Gasteiger partial charge in [0.15, 0.2) is 0 Å². The zero-order chi connectivity index (χ0) is 11.9. The Balaban J connectivity index is 4.11. The molecule has 0 radical (unpaired) electrons. The quantitative estimate of drug-likeness (QED) is 0.664. The Hall–Kier alpha value is -0.610. The van der Waals surface area contributed by atoms with Crippen LogP contribution >= 0.6 is 0 Å². The number of hydrogen-bond donors (Lipinski definition) is 2. The first-order valence-electron chi connectivity index (χ1n) is 5.43. The van der Waals surface area contributed by atoms with Gasteiger partial charge in [0.05, 0.1) is 6.61 Å². The Morgan fingerprint density at radius 1 is 1.53 bits per heavy atom. The number of amides is 1. The summed E-state index contributed by atoms with van der Waals surface area (Å²) in [6, 6.07) is 0. The van der Waals surface area contributed by atoms with Crippen LogP contribution in [-0.4, -0.2) is 31.7 Å². The molecule has 1 atom stereocenters. The average Bonchev–Trinajstić information content (AvgIpc) is 2.13. The maximum Gasteiger partial charge on any atom is 0.222 e. The van der Waals surface area contributed by atoms with Crippen molar-refractivity contribution >= 4 is 5.91 Å². The summed E-state index contributed by atoms with van der Waals surface area (Å²) in [5.74, 6) is 0.520. The molecule has 0 saturated heterocycles. The maximum absolute atomic E-state index is 11.5. The lowest BCUT2D eigenvalue weighted by Gasteiger charge is -2.31. The molecule has 3 N–H and O–H groups in total. The molecular formula is C11H24N2O2. The molecule has 0 spiro atoms. The zero-order valence-electron chi connectivity index (χ0n) is 10.3. The minimum absolute atomic E-state index is 0.00505. The molecule has 0 saturated carbocycles. The second-order valence-electron chi connectivity index (χ2n) is 4.65. The molecule has 0 aromatic rings. The first-order valence-corrected chi connectivity index (χ1v) is 5.43. The molecule has 0 aliphatic heterocycles. The molecule has 0 aliphatic carbocycles. The van der Waals surface area contributed by atoms with Crippen LogP contribution in [0.5, 0.6) is 0 Å². The highest BCUT2D eigenvalue weighted by atomic mass is 16.5. The number of hydrogen-bond acceptors (Lipinski definition) is 3. The normalized spacial score (nSPS) is 15.1. The molecule has 0 aromatic heterocycles. The molecule has 4 heteroatoms. The molecule has 1 amide bonds. The van der Waals surface area contributed by atoms with Crippen LogP contribution in [0.25, 0.3) is 0 Å². The van der Waals surface area contributed by atoms with Crippen molar-refractivity contribution in [2.75, 3.05) is 20.3 Å². The van der Waals surface area contributed by atoms with Crippen LogP contribution in [0.1, 0.15) is 33.6 Å². The van der Waals surface area contributed by atoms with E-state index < -0.39 is 0 Å². The van der Waals surface area contributed by atoms with Gasteiger partial charge in [0.25, 0.3) is 0 Å². The van der Waals surface area contributed by atoms with E-state index in [4.69, 9.17) is 10.5 Å². The molecule has 0 heterocycles. The van der Waals surface area contributed by atoms with E-state index >= 15 is 0 Å². The van der Waals surface area contributed by atoms with Gasteiger partial charge in [0, 0.05) is 25.6 Å². The summed E-state index contributed by atoms with van der Waals surface area (Å²) in [5.41, 5.74) is 5.39. The van der Waals surface area contributed by atoms with Gasteiger partial charge in [-0.1, -0.05) is 13.8 Å². The van der Waals surface area contributed by atoms with Gasteiger partial charge < -0.3 is 15.8 Å². The lowest BCUT2D eigenvalue weighted by Crippen LogP contribution is -2.52. The summed E-state index contributed by atoms with van der Waals surface area (Å²) < 4.78 is 4.85. The van der Waals surface area contributed by atoms with Crippen molar-refractivity contribution in [3.8, 4) is 0 Å². The molecule has 0 aliphatic rings. The van der Waals surface area contributed by atoms with Crippen molar-refractivity contribution < 1.29 is 9.53 Å². The van der Waals surface area contributed by atoms with Crippen molar-refractivity contribution in [3.05, 3.63) is 0 Å². The third kappa shape index (κ3) is 6.47. The number of nitrogens with two attached hydrogens (primary N) is 1. The molecule has 0 rings (SSSR count). The molecule has 4 nitrogen and oxygen atoms in total. The lowest BCUT2D eigenvalue weighted by atomic mass is 9.90. The molecule has 0 bridgehead atoms. The number of carbonyl (C=O) groups excluding carboxylic acids is 1. The Morgan fingerprint density at radius 3 is 2.53 bits per heavy atom. The van der Waals surface area contributed by atoms with Crippen molar-refractivity contribution in [3.63, 3.8) is 0 Å². The Bertz CT molecular complexity index is 195. The summed E-state index contributed by atoms with van der Waals surface area (Å²) in [7, 11) is 1.59. The SMILES string of the molecule is COCCC(=O)NC(C)(CN)CC(C)C. The minimum atomic E-state index is -0.293. The fraction of sp³-hybridized carbons (Fsp3) is 0.909. The van der Waals surface area contributed by atoms with Crippen molar-refractivity contribution in [1.29, 1.82) is 0 Å². The molecule has 0 fully saturated rings. The van der Waals surface area contributed by atoms with E-state index in [1.807, 2.05) is 6.92 Å². The second-order valence-corrected chi connectivity index (χ2v) is 4.65. The largest absolute Gasteiger partial charge is 0.384 e. The summed E-state index contributed by atoms with van der Waals surface area (Å²) in [5, 5.41) is 2.97. The van der Waals surface area contributed by atoms with E-state index in [-0.39, 0.29) is 11.4 Å². The summed E-state index contributed by atoms with van der Waals surface area (Å²) >= 11 is 0. The Kier molecular flexibility index (Phi) is 6.52. The van der Waals surface area contributed by atoms with Gasteiger partial charge in [-0.25, -0.2) is 0 Å². The van der Waals surface area contributed by atoms with E-state index in [2.05, 4.69) is 19.2 Å². The first kappa shape index (κ1) is 14.4. The van der Waals surface area contributed by atoms with E-state index in [9.17, 15) is 4.79 Å². The van der Waals surface area contributed by atoms with Crippen LogP contribution in [0.4, 0.5) is 0 Å². The summed E-state index contributed by atoms with van der Waals surface area (Å²) in [4.78, 5) is 11.5. The second kappa shape index (κ2) is 6.80. The fourth-order valence-electron chi connectivity index (χ4n) is 1.68. The number of methoxy groups -OCH3 is 1. The zero-order valence-corrected chi connectivity index (χ0v) is 10.3. The van der Waals surface area contributed by atoms with Crippen molar-refractivity contribution in [2.24, 2.45) is 11.7 Å². The summed E-state index contributed by atoms with van der Waals surface area (Å²) in [6.45, 7) is 7.14. The number of ether oxygens (including phenoxy) is 1. The smallest absolute Gasteiger partial charge is 0.222 e. The minimum Gasteiger partial charge on any atom is -0.384 e. The molecule has 90 valence electrons. The number of nitrogens with one attached hydrogen (secondary N) is 1. The van der Waals surface area contributed by atoms with Crippen molar-refractivity contribution in [1.82, 2.24) is 5.32 Å². The maximum atomic E-state index is 11.5. The van der Waals surface area contributed by atoms with Gasteiger partial charge >= 0.3 is 0 Å². The van der Waals surface area contributed by atoms with Gasteiger partial charge in [-0.05, 0) is 19.3 Å². The van der Waals surface area contributed by atoms with Gasteiger partial charge in [0.2, 0.25) is 5.91 Å². The van der Waals surface area contributed by atoms with Crippen LogP contribution < -0.4 is 11.1 Å². The Labute approximate surface area is 92.6 Å². The molecular weight excluding hydrogens is 192 g/mol. The molecule has 0 aromatic carbocycles. The fourth-order valence-corrected chi connectivity index (χ4v) is 1.68. The summed E-state index contributed by atoms with van der Waals surface area (Å²) in [6.07, 6.45) is 1.28. The highest BCUT2D eigenvalue weighted by Crippen LogP contribution is 2.15. The molecule has 1 unspecified atom stereocenters. The highest BCUT2D eigenvalue weighted by Gasteiger charge is 2.25. The third-order valence-electron chi connectivity index (χ3n) is 2.28. The number of carbonyl (C=O) groups is 1. The average molecular weight is 216 g/mol. The number of rotatable bonds is 7. The van der Waals surface area contributed by atoms with E-state index in [1.54, 1.807) is 7.11 Å². The van der Waals surface area contributed by atoms with Crippen LogP contribution in [0.3, 0.4) is 0 Å². The monoisotopic (exact) mass is 216 g/mol. The predicted molar refractivity (Wildman–Crippen MR) is 61.6 cm³/mol. The van der Waals surface area contributed by atoms with Crippen LogP contribution in [0.15, 0.2) is 0 Å². The van der Waals surface area contributed by atoms with Gasteiger partial charge in [0.1, 0.15) is 0 Å². The van der Waals surface area contributed by atoms with Gasteiger partial charge in [-0.2, -0.15) is 0 Å². The van der Waals surface area contributed by atoms with E-state index in [0.29, 0.717) is 25.5 Å². The van der Waals surface area contributed by atoms with Gasteiger partial charge in [-0.15, -0.1) is 0 Å². The van der Waals surface area contributed by atoms with Crippen LogP contribution in [-0.2, 0) is 9.53 Å². The van der Waals surface area contributed by atoms with Crippen LogP contribution in [0, 0.1) is 5.92 Å². The third-order valence-corrected chi connectivity index (χ3v) is 2.28.